The number of rotatable bonds is 2. The molecule has 0 aliphatic carbocycles. The van der Waals surface area contributed by atoms with Crippen LogP contribution in [0, 0.1) is 6.42 Å². The van der Waals surface area contributed by atoms with E-state index in [1.54, 1.807) is 12.1 Å². The average Bonchev–Trinajstić information content (AvgIpc) is 2.27. The Balaban J connectivity index is 2.09. The summed E-state index contributed by atoms with van der Waals surface area (Å²) in [6, 6.07) is 3.33. The molecule has 1 aromatic carbocycles. The Morgan fingerprint density at radius 2 is 1.88 bits per heavy atom. The van der Waals surface area contributed by atoms with E-state index in [1.165, 1.54) is 0 Å². The topological polar surface area (TPSA) is 21.3 Å². The lowest BCUT2D eigenvalue weighted by molar-refractivity contribution is 0.176. The molecule has 1 saturated heterocycles. The number of ether oxygens (including phenoxy) is 1. The van der Waals surface area contributed by atoms with Gasteiger partial charge in [0.25, 0.3) is 0 Å². The molecule has 0 amide bonds. The normalized spacial score (nSPS) is 20.8. The van der Waals surface area contributed by atoms with Gasteiger partial charge in [0.15, 0.2) is 6.23 Å². The second-order valence-corrected chi connectivity index (χ2v) is 4.76. The van der Waals surface area contributed by atoms with Crippen LogP contribution in [0.1, 0.15) is 12.8 Å². The van der Waals surface area contributed by atoms with Crippen LogP contribution in [0.5, 0.6) is 5.75 Å². The van der Waals surface area contributed by atoms with Crippen molar-refractivity contribution in [1.82, 2.24) is 5.32 Å². The summed E-state index contributed by atoms with van der Waals surface area (Å²) in [6.07, 6.45) is 4.19. The quantitative estimate of drug-likeness (QED) is 0.828. The van der Waals surface area contributed by atoms with Gasteiger partial charge in [0, 0.05) is 18.6 Å². The van der Waals surface area contributed by atoms with E-state index in [0.29, 0.717) is 20.8 Å². The Morgan fingerprint density at radius 1 is 1.19 bits per heavy atom. The van der Waals surface area contributed by atoms with Crippen molar-refractivity contribution in [3.05, 3.63) is 33.6 Å². The zero-order valence-electron chi connectivity index (χ0n) is 8.47. The summed E-state index contributed by atoms with van der Waals surface area (Å²) in [6.45, 7) is 0.955. The fourth-order valence-electron chi connectivity index (χ4n) is 1.54. The van der Waals surface area contributed by atoms with Crippen molar-refractivity contribution in [1.29, 1.82) is 0 Å². The van der Waals surface area contributed by atoms with Gasteiger partial charge in [-0.3, -0.25) is 5.32 Å². The third kappa shape index (κ3) is 2.95. The summed E-state index contributed by atoms with van der Waals surface area (Å²) in [7, 11) is 0. The molecule has 0 aromatic heterocycles. The molecule has 1 aliphatic heterocycles. The molecular weight excluding hydrogens is 268 g/mol. The summed E-state index contributed by atoms with van der Waals surface area (Å²) >= 11 is 17.7. The van der Waals surface area contributed by atoms with Gasteiger partial charge in [0.05, 0.1) is 15.1 Å². The first-order valence-electron chi connectivity index (χ1n) is 5.05. The Hall–Kier alpha value is -0.150. The monoisotopic (exact) mass is 278 g/mol. The lowest BCUT2D eigenvalue weighted by Gasteiger charge is -2.24. The highest BCUT2D eigenvalue weighted by Crippen LogP contribution is 2.34. The third-order valence-electron chi connectivity index (χ3n) is 2.33. The van der Waals surface area contributed by atoms with Crippen LogP contribution in [0.15, 0.2) is 12.1 Å². The standard InChI is InChI=1S/C11H11Cl3NO/c12-8-5-7(6-9(13)11(8)14)16-10-3-1-2-4-15-10/h3,5-6,10,15H,1-2,4H2. The lowest BCUT2D eigenvalue weighted by atomic mass is 10.1. The fraction of sp³-hybridized carbons (Fsp3) is 0.364. The van der Waals surface area contributed by atoms with Gasteiger partial charge in [-0.25, -0.2) is 0 Å². The molecule has 16 heavy (non-hydrogen) atoms. The summed E-state index contributed by atoms with van der Waals surface area (Å²) in [5, 5.41) is 4.39. The lowest BCUT2D eigenvalue weighted by Crippen LogP contribution is -2.38. The van der Waals surface area contributed by atoms with Gasteiger partial charge in [-0.15, -0.1) is 0 Å². The number of nitrogens with one attached hydrogen (secondary N) is 1. The third-order valence-corrected chi connectivity index (χ3v) is 3.52. The minimum atomic E-state index is -0.0814. The van der Waals surface area contributed by atoms with E-state index in [1.807, 2.05) is 0 Å². The van der Waals surface area contributed by atoms with Crippen molar-refractivity contribution < 1.29 is 4.74 Å². The Bertz CT molecular complexity index is 354. The van der Waals surface area contributed by atoms with E-state index in [4.69, 9.17) is 39.5 Å². The second kappa shape index (κ2) is 5.46. The molecule has 1 atom stereocenters. The molecule has 0 saturated carbocycles. The van der Waals surface area contributed by atoms with Gasteiger partial charge in [-0.2, -0.15) is 0 Å². The van der Waals surface area contributed by atoms with E-state index >= 15 is 0 Å². The number of hydrogen-bond donors (Lipinski definition) is 1. The van der Waals surface area contributed by atoms with Crippen molar-refractivity contribution in [3.8, 4) is 5.75 Å². The minimum absolute atomic E-state index is 0.0814. The van der Waals surface area contributed by atoms with E-state index in [-0.39, 0.29) is 6.23 Å². The summed E-state index contributed by atoms with van der Waals surface area (Å²) < 4.78 is 5.68. The predicted octanol–water partition coefficient (Wildman–Crippen LogP) is 3.94. The maximum Gasteiger partial charge on any atom is 0.153 e. The number of piperidine rings is 1. The molecule has 1 aromatic rings. The smallest absolute Gasteiger partial charge is 0.153 e. The van der Waals surface area contributed by atoms with Crippen LogP contribution in [0.4, 0.5) is 0 Å². The van der Waals surface area contributed by atoms with E-state index < -0.39 is 0 Å². The number of hydrogen-bond acceptors (Lipinski definition) is 2. The molecular formula is C11H11Cl3NO. The highest BCUT2D eigenvalue weighted by atomic mass is 35.5. The zero-order chi connectivity index (χ0) is 11.5. The van der Waals surface area contributed by atoms with Gasteiger partial charge in [-0.1, -0.05) is 34.8 Å². The van der Waals surface area contributed by atoms with Crippen LogP contribution in [0.25, 0.3) is 0 Å². The molecule has 5 heteroatoms. The van der Waals surface area contributed by atoms with E-state index in [0.717, 1.165) is 19.4 Å². The molecule has 1 aliphatic rings. The largest absolute Gasteiger partial charge is 0.475 e. The van der Waals surface area contributed by atoms with Crippen molar-refractivity contribution in [2.24, 2.45) is 0 Å². The van der Waals surface area contributed by atoms with Gasteiger partial charge in [-0.05, 0) is 19.4 Å². The molecule has 1 radical (unpaired) electrons. The Kier molecular flexibility index (Phi) is 4.20. The van der Waals surface area contributed by atoms with Crippen molar-refractivity contribution in [3.63, 3.8) is 0 Å². The van der Waals surface area contributed by atoms with E-state index in [2.05, 4.69) is 11.7 Å². The summed E-state index contributed by atoms with van der Waals surface area (Å²) in [5.41, 5.74) is 0. The first-order chi connectivity index (χ1) is 7.66. The zero-order valence-corrected chi connectivity index (χ0v) is 10.7. The van der Waals surface area contributed by atoms with Crippen molar-refractivity contribution in [2.45, 2.75) is 19.1 Å². The van der Waals surface area contributed by atoms with Gasteiger partial charge >= 0.3 is 0 Å². The van der Waals surface area contributed by atoms with Crippen molar-refractivity contribution >= 4 is 34.8 Å². The number of halogens is 3. The van der Waals surface area contributed by atoms with Crippen LogP contribution in [0.2, 0.25) is 15.1 Å². The second-order valence-electron chi connectivity index (χ2n) is 3.57. The SMILES string of the molecule is Clc1cc(OC2[CH]CCCN2)cc(Cl)c1Cl. The first-order valence-corrected chi connectivity index (χ1v) is 6.18. The predicted molar refractivity (Wildman–Crippen MR) is 67.4 cm³/mol. The maximum absolute atomic E-state index is 5.91. The average molecular weight is 280 g/mol. The molecule has 87 valence electrons. The number of benzene rings is 1. The Labute approximate surface area is 110 Å². The highest BCUT2D eigenvalue weighted by molar-refractivity contribution is 6.48. The highest BCUT2D eigenvalue weighted by Gasteiger charge is 2.15. The maximum atomic E-state index is 5.91. The van der Waals surface area contributed by atoms with Gasteiger partial charge < -0.3 is 4.74 Å². The summed E-state index contributed by atoms with van der Waals surface area (Å²) in [4.78, 5) is 0. The van der Waals surface area contributed by atoms with Crippen molar-refractivity contribution in [2.75, 3.05) is 6.54 Å². The molecule has 2 nitrogen and oxygen atoms in total. The molecule has 1 heterocycles. The minimum Gasteiger partial charge on any atom is -0.475 e. The molecule has 1 N–H and O–H groups in total. The molecule has 1 fully saturated rings. The molecule has 0 bridgehead atoms. The summed E-state index contributed by atoms with van der Waals surface area (Å²) in [5.74, 6) is 0.620. The Morgan fingerprint density at radius 3 is 2.44 bits per heavy atom. The van der Waals surface area contributed by atoms with Crippen LogP contribution >= 0.6 is 34.8 Å². The van der Waals surface area contributed by atoms with Crippen LogP contribution < -0.4 is 10.1 Å². The first kappa shape index (κ1) is 12.3. The molecule has 0 spiro atoms. The fourth-order valence-corrected chi connectivity index (χ4v) is 2.11. The molecule has 1 unspecified atom stereocenters. The van der Waals surface area contributed by atoms with Gasteiger partial charge in [0.1, 0.15) is 5.75 Å². The van der Waals surface area contributed by atoms with Crippen LogP contribution in [0.3, 0.4) is 0 Å². The van der Waals surface area contributed by atoms with Crippen LogP contribution in [-0.4, -0.2) is 12.8 Å². The van der Waals surface area contributed by atoms with Gasteiger partial charge in [0.2, 0.25) is 0 Å². The van der Waals surface area contributed by atoms with E-state index in [9.17, 15) is 0 Å². The van der Waals surface area contributed by atoms with Crippen LogP contribution in [-0.2, 0) is 0 Å². The molecule has 2 rings (SSSR count).